The first-order valence-corrected chi connectivity index (χ1v) is 4.64. The summed E-state index contributed by atoms with van der Waals surface area (Å²) >= 11 is 0. The van der Waals surface area contributed by atoms with Crippen molar-refractivity contribution in [2.75, 3.05) is 13.2 Å². The van der Waals surface area contributed by atoms with Gasteiger partial charge in [-0.25, -0.2) is 0 Å². The summed E-state index contributed by atoms with van der Waals surface area (Å²) in [7, 11) is 0. The molecule has 5 atom stereocenters. The molecular formula is C9H16O6. The molecule has 0 aromatic heterocycles. The van der Waals surface area contributed by atoms with Gasteiger partial charge >= 0.3 is 0 Å². The Hall–Kier alpha value is -0.500. The average Bonchev–Trinajstić information content (AvgIpc) is 2.51. The van der Waals surface area contributed by atoms with Crippen LogP contribution in [0, 0.1) is 0 Å². The van der Waals surface area contributed by atoms with Crippen LogP contribution in [-0.2, 0) is 9.47 Å². The van der Waals surface area contributed by atoms with Crippen molar-refractivity contribution in [3.8, 4) is 0 Å². The third-order valence-corrected chi connectivity index (χ3v) is 2.22. The molecule has 0 radical (unpaired) electrons. The predicted molar refractivity (Wildman–Crippen MR) is 49.9 cm³/mol. The minimum absolute atomic E-state index is 0.157. The summed E-state index contributed by atoms with van der Waals surface area (Å²) in [4.78, 5) is 0. The van der Waals surface area contributed by atoms with Crippen molar-refractivity contribution in [1.29, 1.82) is 0 Å². The molecule has 0 aliphatic carbocycles. The van der Waals surface area contributed by atoms with Gasteiger partial charge in [0, 0.05) is 0 Å². The Balaban J connectivity index is 2.56. The summed E-state index contributed by atoms with van der Waals surface area (Å²) < 4.78 is 9.94. The molecule has 1 saturated heterocycles. The smallest absolute Gasteiger partial charge is 0.184 e. The lowest BCUT2D eigenvalue weighted by Crippen LogP contribution is -2.41. The molecule has 15 heavy (non-hydrogen) atoms. The molecule has 1 aliphatic heterocycles. The van der Waals surface area contributed by atoms with Gasteiger partial charge in [0.1, 0.15) is 24.4 Å². The third-order valence-electron chi connectivity index (χ3n) is 2.22. The van der Waals surface area contributed by atoms with E-state index in [9.17, 15) is 15.3 Å². The van der Waals surface area contributed by atoms with Crippen molar-refractivity contribution in [2.45, 2.75) is 30.7 Å². The summed E-state index contributed by atoms with van der Waals surface area (Å²) in [5.74, 6) is 0. The highest BCUT2D eigenvalue weighted by Crippen LogP contribution is 2.24. The van der Waals surface area contributed by atoms with E-state index in [0.29, 0.717) is 0 Å². The Morgan fingerprint density at radius 2 is 2.13 bits per heavy atom. The van der Waals surface area contributed by atoms with Crippen LogP contribution >= 0.6 is 0 Å². The van der Waals surface area contributed by atoms with E-state index in [1.165, 1.54) is 6.08 Å². The second kappa shape index (κ2) is 5.55. The van der Waals surface area contributed by atoms with Crippen molar-refractivity contribution in [1.82, 2.24) is 0 Å². The number of aliphatic hydroxyl groups is 4. The van der Waals surface area contributed by atoms with Gasteiger partial charge in [-0.05, 0) is 0 Å². The minimum atomic E-state index is -1.31. The molecule has 1 fully saturated rings. The van der Waals surface area contributed by atoms with Gasteiger partial charge < -0.3 is 29.9 Å². The second-order valence-electron chi connectivity index (χ2n) is 3.32. The fourth-order valence-corrected chi connectivity index (χ4v) is 1.46. The first-order chi connectivity index (χ1) is 7.11. The summed E-state index contributed by atoms with van der Waals surface area (Å²) in [6.45, 7) is 3.03. The van der Waals surface area contributed by atoms with Crippen LogP contribution < -0.4 is 0 Å². The zero-order chi connectivity index (χ0) is 11.4. The summed E-state index contributed by atoms with van der Waals surface area (Å²) in [6, 6.07) is 0. The van der Waals surface area contributed by atoms with Crippen molar-refractivity contribution in [3.63, 3.8) is 0 Å². The molecule has 0 aromatic rings. The third kappa shape index (κ3) is 2.75. The monoisotopic (exact) mass is 220 g/mol. The highest BCUT2D eigenvalue weighted by molar-refractivity contribution is 4.91. The van der Waals surface area contributed by atoms with Crippen molar-refractivity contribution in [2.24, 2.45) is 0 Å². The van der Waals surface area contributed by atoms with Gasteiger partial charge in [-0.3, -0.25) is 0 Å². The molecule has 1 aliphatic rings. The Kier molecular flexibility index (Phi) is 4.65. The van der Waals surface area contributed by atoms with Crippen LogP contribution in [-0.4, -0.2) is 64.3 Å². The number of hydrogen-bond donors (Lipinski definition) is 4. The number of hydrogen-bond acceptors (Lipinski definition) is 6. The van der Waals surface area contributed by atoms with E-state index in [2.05, 4.69) is 6.58 Å². The van der Waals surface area contributed by atoms with Gasteiger partial charge in [-0.2, -0.15) is 0 Å². The number of rotatable bonds is 5. The van der Waals surface area contributed by atoms with Crippen LogP contribution in [0.5, 0.6) is 0 Å². The molecular weight excluding hydrogens is 204 g/mol. The van der Waals surface area contributed by atoms with Crippen molar-refractivity contribution in [3.05, 3.63) is 12.7 Å². The van der Waals surface area contributed by atoms with Gasteiger partial charge in [-0.15, -0.1) is 6.58 Å². The average molecular weight is 220 g/mol. The molecule has 1 rings (SSSR count). The van der Waals surface area contributed by atoms with Gasteiger partial charge in [-0.1, -0.05) is 6.08 Å². The van der Waals surface area contributed by atoms with E-state index in [0.717, 1.165) is 0 Å². The zero-order valence-corrected chi connectivity index (χ0v) is 8.19. The SMILES string of the molecule is C=CCO[C@@H]1[C@@H](O)[C@@H]([C@H](O)CO)O[C@H]1O. The van der Waals surface area contributed by atoms with Crippen LogP contribution in [0.3, 0.4) is 0 Å². The van der Waals surface area contributed by atoms with Crippen molar-refractivity contribution >= 4 is 0 Å². The normalized spacial score (nSPS) is 37.9. The molecule has 4 N–H and O–H groups in total. The molecule has 0 unspecified atom stereocenters. The number of ether oxygens (including phenoxy) is 2. The van der Waals surface area contributed by atoms with Crippen LogP contribution in [0.15, 0.2) is 12.7 Å². The van der Waals surface area contributed by atoms with E-state index in [-0.39, 0.29) is 6.61 Å². The molecule has 6 nitrogen and oxygen atoms in total. The molecule has 0 aromatic carbocycles. The Labute approximate surface area is 87.4 Å². The second-order valence-corrected chi connectivity index (χ2v) is 3.32. The fourth-order valence-electron chi connectivity index (χ4n) is 1.46. The van der Waals surface area contributed by atoms with Gasteiger partial charge in [0.05, 0.1) is 13.2 Å². The maximum absolute atomic E-state index is 9.63. The molecule has 88 valence electrons. The summed E-state index contributed by atoms with van der Waals surface area (Å²) in [6.07, 6.45) is -4.25. The first kappa shape index (κ1) is 12.6. The molecule has 0 amide bonds. The lowest BCUT2D eigenvalue weighted by Gasteiger charge is -2.19. The highest BCUT2D eigenvalue weighted by atomic mass is 16.7. The van der Waals surface area contributed by atoms with Crippen LogP contribution in [0.2, 0.25) is 0 Å². The summed E-state index contributed by atoms with van der Waals surface area (Å²) in [5, 5.41) is 36.9. The fraction of sp³-hybridized carbons (Fsp3) is 0.778. The highest BCUT2D eigenvalue weighted by Gasteiger charge is 2.46. The predicted octanol–water partition coefficient (Wildman–Crippen LogP) is -2.01. The summed E-state index contributed by atoms with van der Waals surface area (Å²) in [5.41, 5.74) is 0. The maximum atomic E-state index is 9.63. The standard InChI is InChI=1S/C9H16O6/c1-2-3-14-8-6(12)7(5(11)4-10)15-9(8)13/h2,5-13H,1,3-4H2/t5-,6+,7-,8-,9-/m1/s1. The van der Waals surface area contributed by atoms with E-state index >= 15 is 0 Å². The van der Waals surface area contributed by atoms with Gasteiger partial charge in [0.2, 0.25) is 0 Å². The molecule has 1 heterocycles. The Morgan fingerprint density at radius 1 is 1.47 bits per heavy atom. The van der Waals surface area contributed by atoms with Crippen LogP contribution in [0.1, 0.15) is 0 Å². The number of aliphatic hydroxyl groups excluding tert-OH is 4. The van der Waals surface area contributed by atoms with Crippen molar-refractivity contribution < 1.29 is 29.9 Å². The van der Waals surface area contributed by atoms with E-state index in [4.69, 9.17) is 14.6 Å². The lowest BCUT2D eigenvalue weighted by atomic mass is 10.1. The zero-order valence-electron chi connectivity index (χ0n) is 8.19. The largest absolute Gasteiger partial charge is 0.394 e. The maximum Gasteiger partial charge on any atom is 0.184 e. The lowest BCUT2D eigenvalue weighted by molar-refractivity contribution is -0.156. The topological polar surface area (TPSA) is 99.4 Å². The minimum Gasteiger partial charge on any atom is -0.394 e. The Bertz CT molecular complexity index is 209. The quantitative estimate of drug-likeness (QED) is 0.399. The molecule has 0 saturated carbocycles. The van der Waals surface area contributed by atoms with Gasteiger partial charge in [0.15, 0.2) is 6.29 Å². The molecule has 0 spiro atoms. The van der Waals surface area contributed by atoms with E-state index in [1.54, 1.807) is 0 Å². The van der Waals surface area contributed by atoms with Gasteiger partial charge in [0.25, 0.3) is 0 Å². The van der Waals surface area contributed by atoms with Crippen LogP contribution in [0.4, 0.5) is 0 Å². The van der Waals surface area contributed by atoms with E-state index in [1.807, 2.05) is 0 Å². The van der Waals surface area contributed by atoms with Crippen LogP contribution in [0.25, 0.3) is 0 Å². The molecule has 6 heteroatoms. The first-order valence-electron chi connectivity index (χ1n) is 4.64. The van der Waals surface area contributed by atoms with E-state index < -0.39 is 37.3 Å². The Morgan fingerprint density at radius 3 is 2.67 bits per heavy atom. The molecule has 0 bridgehead atoms.